The Hall–Kier alpha value is -1.88. The third kappa shape index (κ3) is 13.4. The number of carbonyl (C=O) groups excluding carboxylic acids is 1. The summed E-state index contributed by atoms with van der Waals surface area (Å²) in [6.07, 6.45) is 18.5. The normalized spacial score (nSPS) is 14.7. The van der Waals surface area contributed by atoms with Crippen LogP contribution in [0.5, 0.6) is 0 Å². The van der Waals surface area contributed by atoms with Gasteiger partial charge in [-0.25, -0.2) is 9.59 Å². The van der Waals surface area contributed by atoms with E-state index in [9.17, 15) is 19.8 Å². The number of hydrogen-bond donors (Lipinski definition) is 2. The molecule has 0 aliphatic rings. The van der Waals surface area contributed by atoms with Crippen LogP contribution in [0.4, 0.5) is 0 Å². The molecule has 0 heterocycles. The summed E-state index contributed by atoms with van der Waals surface area (Å²) >= 11 is 0. The Labute approximate surface area is 182 Å². The summed E-state index contributed by atoms with van der Waals surface area (Å²) in [5.74, 6) is -1.95. The predicted octanol–water partition coefficient (Wildman–Crippen LogP) is 6.12. The van der Waals surface area contributed by atoms with Crippen molar-refractivity contribution in [2.45, 2.75) is 110 Å². The molecule has 0 fully saturated rings. The zero-order valence-corrected chi connectivity index (χ0v) is 19.2. The van der Waals surface area contributed by atoms with Crippen molar-refractivity contribution in [1.29, 1.82) is 0 Å². The number of ether oxygens (including phenoxy) is 1. The maximum Gasteiger partial charge on any atom is 0.348 e. The predicted molar refractivity (Wildman–Crippen MR) is 122 cm³/mol. The van der Waals surface area contributed by atoms with Crippen molar-refractivity contribution in [3.8, 4) is 0 Å². The zero-order valence-electron chi connectivity index (χ0n) is 19.2. The van der Waals surface area contributed by atoms with Gasteiger partial charge in [-0.05, 0) is 58.8 Å². The number of aliphatic carboxylic acids is 1. The highest BCUT2D eigenvalue weighted by molar-refractivity contribution is 5.90. The minimum absolute atomic E-state index is 0.129. The minimum Gasteiger partial charge on any atom is -0.478 e. The van der Waals surface area contributed by atoms with Crippen molar-refractivity contribution >= 4 is 11.9 Å². The maximum atomic E-state index is 11.9. The Morgan fingerprint density at radius 1 is 1.00 bits per heavy atom. The molecule has 0 aromatic heterocycles. The molecule has 0 radical (unpaired) electrons. The smallest absolute Gasteiger partial charge is 0.348 e. The highest BCUT2D eigenvalue weighted by Gasteiger charge is 2.43. The van der Waals surface area contributed by atoms with E-state index < -0.39 is 23.6 Å². The van der Waals surface area contributed by atoms with Gasteiger partial charge in [0.1, 0.15) is 0 Å². The molecule has 5 nitrogen and oxygen atoms in total. The molecule has 172 valence electrons. The van der Waals surface area contributed by atoms with Crippen LogP contribution < -0.4 is 0 Å². The zero-order chi connectivity index (χ0) is 22.8. The third-order valence-corrected chi connectivity index (χ3v) is 4.93. The molecule has 30 heavy (non-hydrogen) atoms. The topological polar surface area (TPSA) is 83.8 Å². The first kappa shape index (κ1) is 28.1. The third-order valence-electron chi connectivity index (χ3n) is 4.93. The number of carbonyl (C=O) groups is 2. The molecule has 0 aliphatic carbocycles. The Balaban J connectivity index is 4.24. The fraction of sp³-hybridized carbons (Fsp3) is 0.680. The molecule has 0 bridgehead atoms. The maximum absolute atomic E-state index is 11.9. The molecular weight excluding hydrogens is 380 g/mol. The average Bonchev–Trinajstić information content (AvgIpc) is 2.67. The average molecular weight is 423 g/mol. The molecule has 0 spiro atoms. The number of hydrogen-bond acceptors (Lipinski definition) is 4. The molecular formula is C25H42O5. The van der Waals surface area contributed by atoms with E-state index in [0.29, 0.717) is 6.42 Å². The van der Waals surface area contributed by atoms with Gasteiger partial charge >= 0.3 is 11.9 Å². The van der Waals surface area contributed by atoms with Gasteiger partial charge in [0.05, 0.1) is 6.10 Å². The molecule has 2 N–H and O–H groups in total. The molecule has 5 heteroatoms. The van der Waals surface area contributed by atoms with E-state index in [1.807, 2.05) is 0 Å². The number of aliphatic hydroxyl groups is 1. The number of allylic oxidation sites excluding steroid dienone is 4. The Morgan fingerprint density at radius 3 is 2.07 bits per heavy atom. The van der Waals surface area contributed by atoms with Crippen molar-refractivity contribution in [3.63, 3.8) is 0 Å². The van der Waals surface area contributed by atoms with Gasteiger partial charge in [0.25, 0.3) is 0 Å². The second kappa shape index (κ2) is 16.9. The van der Waals surface area contributed by atoms with Crippen LogP contribution in [0.3, 0.4) is 0 Å². The number of aliphatic hydroxyl groups excluding tert-OH is 1. The van der Waals surface area contributed by atoms with Gasteiger partial charge in [0.15, 0.2) is 0 Å². The lowest BCUT2D eigenvalue weighted by molar-refractivity contribution is -0.180. The van der Waals surface area contributed by atoms with Gasteiger partial charge < -0.3 is 14.9 Å². The Bertz CT molecular complexity index is 562. The van der Waals surface area contributed by atoms with Crippen LogP contribution in [0.25, 0.3) is 0 Å². The monoisotopic (exact) mass is 422 g/mol. The summed E-state index contributed by atoms with van der Waals surface area (Å²) in [5.41, 5.74) is -1.55. The van der Waals surface area contributed by atoms with Crippen LogP contribution in [0.15, 0.2) is 36.5 Å². The first-order valence-electron chi connectivity index (χ1n) is 11.4. The van der Waals surface area contributed by atoms with Gasteiger partial charge in [-0.2, -0.15) is 0 Å². The first-order chi connectivity index (χ1) is 14.2. The van der Waals surface area contributed by atoms with Crippen molar-refractivity contribution in [3.05, 3.63) is 36.5 Å². The van der Waals surface area contributed by atoms with E-state index in [1.165, 1.54) is 33.1 Å². The van der Waals surface area contributed by atoms with Crippen LogP contribution in [0.2, 0.25) is 0 Å². The molecule has 0 amide bonds. The lowest BCUT2D eigenvalue weighted by Crippen LogP contribution is -2.45. The van der Waals surface area contributed by atoms with Crippen LogP contribution in [0, 0.1) is 0 Å². The summed E-state index contributed by atoms with van der Waals surface area (Å²) in [7, 11) is 0. The molecule has 0 aliphatic heterocycles. The molecule has 0 saturated carbocycles. The molecule has 0 saturated heterocycles. The van der Waals surface area contributed by atoms with E-state index in [0.717, 1.165) is 38.5 Å². The van der Waals surface area contributed by atoms with Crippen LogP contribution in [0.1, 0.15) is 97.8 Å². The number of rotatable bonds is 18. The molecule has 2 unspecified atom stereocenters. The lowest BCUT2D eigenvalue weighted by atomic mass is 9.89. The van der Waals surface area contributed by atoms with Crippen molar-refractivity contribution in [2.75, 3.05) is 0 Å². The van der Waals surface area contributed by atoms with Crippen molar-refractivity contribution in [2.24, 2.45) is 0 Å². The van der Waals surface area contributed by atoms with Gasteiger partial charge in [0, 0.05) is 12.0 Å². The summed E-state index contributed by atoms with van der Waals surface area (Å²) in [6, 6.07) is 0. The summed E-state index contributed by atoms with van der Waals surface area (Å²) in [5, 5.41) is 19.4. The van der Waals surface area contributed by atoms with E-state index in [1.54, 1.807) is 0 Å². The van der Waals surface area contributed by atoms with Gasteiger partial charge in [-0.15, -0.1) is 0 Å². The molecule has 0 aromatic carbocycles. The highest BCUT2D eigenvalue weighted by atomic mass is 16.6. The summed E-state index contributed by atoms with van der Waals surface area (Å²) < 4.78 is 5.27. The van der Waals surface area contributed by atoms with Gasteiger partial charge in [0.2, 0.25) is 5.60 Å². The second-order valence-corrected chi connectivity index (χ2v) is 8.15. The Morgan fingerprint density at radius 2 is 1.57 bits per heavy atom. The standard InChI is InChI=1S/C25H42O5/c1-5-6-7-8-9-10-11-12-13-14-15-16-17-18-19-25(24(28)29,20-22(4)26)30-23(27)21(2)3/h9-10,12-13,22,26H,2,5-8,11,14-20H2,1,3-4H3,(H,28,29)/b10-9-,13-12-. The van der Waals surface area contributed by atoms with Crippen LogP contribution >= 0.6 is 0 Å². The van der Waals surface area contributed by atoms with Crippen molar-refractivity contribution in [1.82, 2.24) is 0 Å². The number of esters is 1. The lowest BCUT2D eigenvalue weighted by Gasteiger charge is -2.30. The van der Waals surface area contributed by atoms with E-state index in [-0.39, 0.29) is 18.4 Å². The van der Waals surface area contributed by atoms with Crippen LogP contribution in [-0.4, -0.2) is 33.9 Å². The molecule has 0 aromatic rings. The fourth-order valence-corrected chi connectivity index (χ4v) is 3.22. The fourth-order valence-electron chi connectivity index (χ4n) is 3.22. The number of carboxylic acid groups (broad SMARTS) is 1. The van der Waals surface area contributed by atoms with Crippen molar-refractivity contribution < 1.29 is 24.5 Å². The van der Waals surface area contributed by atoms with Gasteiger partial charge in [-0.1, -0.05) is 63.5 Å². The largest absolute Gasteiger partial charge is 0.478 e. The van der Waals surface area contributed by atoms with Crippen LogP contribution in [-0.2, 0) is 14.3 Å². The van der Waals surface area contributed by atoms with E-state index in [4.69, 9.17) is 4.74 Å². The van der Waals surface area contributed by atoms with E-state index >= 15 is 0 Å². The molecule has 0 rings (SSSR count). The summed E-state index contributed by atoms with van der Waals surface area (Å²) in [6.45, 7) is 8.70. The SMILES string of the molecule is C=C(C)C(=O)OC(CCCCCC/C=C\C/C=C\CCCCC)(CC(C)O)C(=O)O. The highest BCUT2D eigenvalue weighted by Crippen LogP contribution is 2.28. The summed E-state index contributed by atoms with van der Waals surface area (Å²) in [4.78, 5) is 23.8. The van der Waals surface area contributed by atoms with Gasteiger partial charge in [-0.3, -0.25) is 0 Å². The first-order valence-corrected chi connectivity index (χ1v) is 11.4. The van der Waals surface area contributed by atoms with E-state index in [2.05, 4.69) is 37.8 Å². The quantitative estimate of drug-likeness (QED) is 0.120. The second-order valence-electron chi connectivity index (χ2n) is 8.15. The number of carboxylic acids is 1. The number of unbranched alkanes of at least 4 members (excludes halogenated alkanes) is 7. The Kier molecular flexibility index (Phi) is 15.8. The molecule has 2 atom stereocenters. The minimum atomic E-state index is -1.70.